The number of hydrogen-bond donors (Lipinski definition) is 0. The summed E-state index contributed by atoms with van der Waals surface area (Å²) in [5.74, 6) is 2.78. The normalized spacial score (nSPS) is 15.8. The van der Waals surface area contributed by atoms with E-state index in [2.05, 4.69) is 34.5 Å². The summed E-state index contributed by atoms with van der Waals surface area (Å²) >= 11 is 0. The zero-order valence-corrected chi connectivity index (χ0v) is 10.3. The summed E-state index contributed by atoms with van der Waals surface area (Å²) in [6.07, 6.45) is 5.63. The molecule has 0 amide bonds. The molecule has 78 valence electrons. The molecule has 0 fully saturated rings. The molecule has 0 spiro atoms. The van der Waals surface area contributed by atoms with Crippen LogP contribution in [0.25, 0.3) is 0 Å². The first kappa shape index (κ1) is 13.1. The number of hydrogen-bond acceptors (Lipinski definition) is 0. The maximum atomic E-state index is 2.44. The van der Waals surface area contributed by atoms with Gasteiger partial charge in [0.1, 0.15) is 7.28 Å². The van der Waals surface area contributed by atoms with E-state index in [0.717, 1.165) is 17.8 Å². The Balaban J connectivity index is 3.86. The van der Waals surface area contributed by atoms with Crippen LogP contribution in [0.4, 0.5) is 0 Å². The smallest absolute Gasteiger partial charge is 0.0893 e. The quantitative estimate of drug-likeness (QED) is 0.522. The Kier molecular flexibility index (Phi) is 7.50. The maximum Gasteiger partial charge on any atom is 0.117 e. The lowest BCUT2D eigenvalue weighted by molar-refractivity contribution is 0.306. The van der Waals surface area contributed by atoms with Crippen LogP contribution in [0.3, 0.4) is 0 Å². The Labute approximate surface area is 85.7 Å². The van der Waals surface area contributed by atoms with E-state index in [1.807, 2.05) is 0 Å². The molecule has 0 radical (unpaired) electrons. The molecule has 0 rings (SSSR count). The topological polar surface area (TPSA) is 0 Å². The van der Waals surface area contributed by atoms with E-state index in [1.165, 1.54) is 32.9 Å². The van der Waals surface area contributed by atoms with Crippen LogP contribution >= 0.6 is 0 Å². The molecule has 0 aliphatic carbocycles. The molecule has 0 bridgehead atoms. The summed E-state index contributed by atoms with van der Waals surface area (Å²) < 4.78 is 0. The van der Waals surface area contributed by atoms with E-state index in [4.69, 9.17) is 0 Å². The van der Waals surface area contributed by atoms with Gasteiger partial charge in [-0.05, 0) is 24.2 Å². The van der Waals surface area contributed by atoms with Crippen molar-refractivity contribution in [3.05, 3.63) is 0 Å². The van der Waals surface area contributed by atoms with Gasteiger partial charge in [0.15, 0.2) is 0 Å². The second-order valence-electron chi connectivity index (χ2n) is 4.94. The van der Waals surface area contributed by atoms with Gasteiger partial charge < -0.3 is 0 Å². The van der Waals surface area contributed by atoms with E-state index in [9.17, 15) is 0 Å². The molecule has 0 nitrogen and oxygen atoms in total. The van der Waals surface area contributed by atoms with Gasteiger partial charge >= 0.3 is 0 Å². The highest BCUT2D eigenvalue weighted by Gasteiger charge is 2.16. The predicted octanol–water partition coefficient (Wildman–Crippen LogP) is 3.99. The molecular formula is C12H27B. The third-order valence-corrected chi connectivity index (χ3v) is 2.97. The fraction of sp³-hybridized carbons (Fsp3) is 1.00. The molecule has 2 unspecified atom stereocenters. The van der Waals surface area contributed by atoms with Gasteiger partial charge in [-0.3, -0.25) is 0 Å². The van der Waals surface area contributed by atoms with Gasteiger partial charge in [-0.15, -0.1) is 0 Å². The van der Waals surface area contributed by atoms with Crippen molar-refractivity contribution < 1.29 is 0 Å². The molecule has 0 aliphatic heterocycles. The summed E-state index contributed by atoms with van der Waals surface area (Å²) in [5.41, 5.74) is 0. The van der Waals surface area contributed by atoms with Crippen molar-refractivity contribution in [1.29, 1.82) is 0 Å². The third-order valence-electron chi connectivity index (χ3n) is 2.97. The molecule has 0 saturated carbocycles. The Hall–Kier alpha value is 0.0649. The Bertz CT molecular complexity index is 104. The van der Waals surface area contributed by atoms with Gasteiger partial charge in [0.25, 0.3) is 0 Å². The standard InChI is InChI=1S/C12H27B/c1-6-7-12(9-13-5)11(4)8-10(2)3/h10-13H,6-9H2,1-5H3. The van der Waals surface area contributed by atoms with Gasteiger partial charge in [-0.25, -0.2) is 0 Å². The Morgan fingerprint density at radius 3 is 2.15 bits per heavy atom. The molecule has 0 aromatic heterocycles. The molecule has 0 N–H and O–H groups in total. The van der Waals surface area contributed by atoms with E-state index < -0.39 is 0 Å². The predicted molar refractivity (Wildman–Crippen MR) is 64.8 cm³/mol. The van der Waals surface area contributed by atoms with Crippen molar-refractivity contribution in [2.75, 3.05) is 0 Å². The molecule has 0 saturated heterocycles. The highest BCUT2D eigenvalue weighted by Crippen LogP contribution is 2.26. The second-order valence-corrected chi connectivity index (χ2v) is 4.94. The molecule has 0 aliphatic rings. The average Bonchev–Trinajstić information content (AvgIpc) is 2.02. The first-order valence-corrected chi connectivity index (χ1v) is 6.11. The van der Waals surface area contributed by atoms with Crippen LogP contribution in [0, 0.1) is 17.8 Å². The molecule has 0 aromatic rings. The highest BCUT2D eigenvalue weighted by atomic mass is 14.2. The van der Waals surface area contributed by atoms with Crippen LogP contribution in [-0.2, 0) is 0 Å². The van der Waals surface area contributed by atoms with Crippen molar-refractivity contribution in [3.8, 4) is 0 Å². The summed E-state index contributed by atoms with van der Waals surface area (Å²) in [7, 11) is 1.35. The van der Waals surface area contributed by atoms with Gasteiger partial charge in [0.05, 0.1) is 0 Å². The SMILES string of the molecule is CBCC(CCC)C(C)CC(C)C. The Morgan fingerprint density at radius 2 is 1.77 bits per heavy atom. The lowest BCUT2D eigenvalue weighted by Crippen LogP contribution is -2.15. The van der Waals surface area contributed by atoms with Gasteiger partial charge in [-0.1, -0.05) is 53.7 Å². The third kappa shape index (κ3) is 6.18. The van der Waals surface area contributed by atoms with E-state index in [0.29, 0.717) is 0 Å². The van der Waals surface area contributed by atoms with Gasteiger partial charge in [-0.2, -0.15) is 0 Å². The van der Waals surface area contributed by atoms with Crippen molar-refractivity contribution in [2.45, 2.75) is 60.1 Å². The fourth-order valence-electron chi connectivity index (χ4n) is 2.39. The lowest BCUT2D eigenvalue weighted by Gasteiger charge is -2.24. The maximum absolute atomic E-state index is 2.44. The van der Waals surface area contributed by atoms with Crippen LogP contribution in [0.2, 0.25) is 13.1 Å². The monoisotopic (exact) mass is 182 g/mol. The van der Waals surface area contributed by atoms with Crippen LogP contribution in [0.1, 0.15) is 47.0 Å². The zero-order valence-electron chi connectivity index (χ0n) is 10.3. The van der Waals surface area contributed by atoms with E-state index >= 15 is 0 Å². The van der Waals surface area contributed by atoms with Crippen LogP contribution in [-0.4, -0.2) is 7.28 Å². The lowest BCUT2D eigenvalue weighted by atomic mass is 9.67. The van der Waals surface area contributed by atoms with E-state index in [1.54, 1.807) is 0 Å². The summed E-state index contributed by atoms with van der Waals surface area (Å²) in [4.78, 5) is 0. The van der Waals surface area contributed by atoms with Crippen LogP contribution in [0.5, 0.6) is 0 Å². The summed E-state index contributed by atoms with van der Waals surface area (Å²) in [6.45, 7) is 11.7. The Morgan fingerprint density at radius 1 is 1.15 bits per heavy atom. The summed E-state index contributed by atoms with van der Waals surface area (Å²) in [6, 6.07) is 0. The minimum Gasteiger partial charge on any atom is -0.0893 e. The molecule has 2 atom stereocenters. The molecule has 1 heteroatoms. The molecule has 13 heavy (non-hydrogen) atoms. The van der Waals surface area contributed by atoms with Crippen LogP contribution < -0.4 is 0 Å². The number of rotatable bonds is 7. The molecule has 0 heterocycles. The highest BCUT2D eigenvalue weighted by molar-refractivity contribution is 6.33. The van der Waals surface area contributed by atoms with Crippen molar-refractivity contribution in [3.63, 3.8) is 0 Å². The van der Waals surface area contributed by atoms with Gasteiger partial charge in [0.2, 0.25) is 0 Å². The largest absolute Gasteiger partial charge is 0.117 e. The molecular weight excluding hydrogens is 155 g/mol. The molecule has 0 aromatic carbocycles. The fourth-order valence-corrected chi connectivity index (χ4v) is 2.39. The van der Waals surface area contributed by atoms with Crippen LogP contribution in [0.15, 0.2) is 0 Å². The first-order chi connectivity index (χ1) is 6.11. The minimum absolute atomic E-state index is 0.867. The minimum atomic E-state index is 0.867. The zero-order chi connectivity index (χ0) is 10.3. The summed E-state index contributed by atoms with van der Waals surface area (Å²) in [5, 5.41) is 0. The van der Waals surface area contributed by atoms with Crippen molar-refractivity contribution in [1.82, 2.24) is 0 Å². The second kappa shape index (κ2) is 7.47. The van der Waals surface area contributed by atoms with Crippen molar-refractivity contribution >= 4 is 7.28 Å². The van der Waals surface area contributed by atoms with Gasteiger partial charge in [0, 0.05) is 0 Å². The average molecular weight is 182 g/mol. The van der Waals surface area contributed by atoms with E-state index in [-0.39, 0.29) is 0 Å². The first-order valence-electron chi connectivity index (χ1n) is 6.11. The van der Waals surface area contributed by atoms with Crippen molar-refractivity contribution in [2.24, 2.45) is 17.8 Å².